The number of piperidine rings is 1. The van der Waals surface area contributed by atoms with Crippen molar-refractivity contribution in [3.05, 3.63) is 34.6 Å². The van der Waals surface area contributed by atoms with E-state index in [2.05, 4.69) is 17.1 Å². The summed E-state index contributed by atoms with van der Waals surface area (Å²) < 4.78 is 0. The summed E-state index contributed by atoms with van der Waals surface area (Å²) in [6.45, 7) is 2.38. The quantitative estimate of drug-likeness (QED) is 0.685. The molecule has 1 fully saturated rings. The van der Waals surface area contributed by atoms with Crippen LogP contribution in [0, 0.1) is 28.6 Å². The third kappa shape index (κ3) is 2.88. The van der Waals surface area contributed by atoms with Crippen molar-refractivity contribution in [1.82, 2.24) is 4.90 Å². The molecule has 0 saturated carbocycles. The Morgan fingerprint density at radius 1 is 1.00 bits per heavy atom. The fourth-order valence-corrected chi connectivity index (χ4v) is 3.74. The third-order valence-electron chi connectivity index (χ3n) is 4.96. The second-order valence-electron chi connectivity index (χ2n) is 6.23. The second-order valence-corrected chi connectivity index (χ2v) is 6.23. The van der Waals surface area contributed by atoms with Crippen molar-refractivity contribution in [1.29, 1.82) is 10.5 Å². The summed E-state index contributed by atoms with van der Waals surface area (Å²) in [5.41, 5.74) is 4.03. The minimum absolute atomic E-state index is 0.291. The van der Waals surface area contributed by atoms with Crippen LogP contribution in [0.2, 0.25) is 0 Å². The molecule has 1 aliphatic heterocycles. The number of nitrogens with zero attached hydrogens (tertiary/aromatic N) is 3. The number of likely N-dealkylation sites (tertiary alicyclic amines) is 1. The lowest BCUT2D eigenvalue weighted by Crippen LogP contribution is -2.31. The van der Waals surface area contributed by atoms with Crippen LogP contribution >= 0.6 is 0 Å². The Labute approximate surface area is 126 Å². The number of allylic oxidation sites excluding steroid dienone is 6. The molecule has 1 saturated heterocycles. The molecule has 0 N–H and O–H groups in total. The maximum atomic E-state index is 9.05. The van der Waals surface area contributed by atoms with Gasteiger partial charge in [0, 0.05) is 18.8 Å². The van der Waals surface area contributed by atoms with Crippen LogP contribution in [0.5, 0.6) is 0 Å². The Kier molecular flexibility index (Phi) is 4.11. The summed E-state index contributed by atoms with van der Waals surface area (Å²) in [6.07, 6.45) is 12.8. The van der Waals surface area contributed by atoms with Gasteiger partial charge in [-0.05, 0) is 68.1 Å². The molecular formula is C18H21N3. The highest BCUT2D eigenvalue weighted by Crippen LogP contribution is 2.39. The highest BCUT2D eigenvalue weighted by Gasteiger charge is 2.26. The first-order chi connectivity index (χ1) is 10.3. The van der Waals surface area contributed by atoms with Crippen molar-refractivity contribution in [2.45, 2.75) is 44.9 Å². The molecular weight excluding hydrogens is 258 g/mol. The van der Waals surface area contributed by atoms with Crippen molar-refractivity contribution in [3.63, 3.8) is 0 Å². The lowest BCUT2D eigenvalue weighted by Gasteiger charge is -2.36. The monoisotopic (exact) mass is 279 g/mol. The van der Waals surface area contributed by atoms with E-state index in [9.17, 15) is 0 Å². The molecule has 2 aliphatic carbocycles. The highest BCUT2D eigenvalue weighted by atomic mass is 15.1. The molecule has 0 bridgehead atoms. The third-order valence-corrected chi connectivity index (χ3v) is 4.96. The van der Waals surface area contributed by atoms with E-state index in [0.717, 1.165) is 18.4 Å². The summed E-state index contributed by atoms with van der Waals surface area (Å²) in [7, 11) is 0. The number of hydrogen-bond acceptors (Lipinski definition) is 3. The van der Waals surface area contributed by atoms with Crippen LogP contribution in [0.4, 0.5) is 0 Å². The van der Waals surface area contributed by atoms with Crippen molar-refractivity contribution in [2.24, 2.45) is 5.92 Å². The zero-order chi connectivity index (χ0) is 14.7. The number of nitriles is 2. The Balaban J connectivity index is 1.88. The molecule has 1 heterocycles. The largest absolute Gasteiger partial charge is 0.375 e. The Morgan fingerprint density at radius 3 is 2.43 bits per heavy atom. The van der Waals surface area contributed by atoms with Crippen LogP contribution in [0.15, 0.2) is 34.6 Å². The van der Waals surface area contributed by atoms with Gasteiger partial charge in [-0.1, -0.05) is 6.08 Å². The molecule has 3 heteroatoms. The first-order valence-corrected chi connectivity index (χ1v) is 8.02. The molecule has 3 nitrogen and oxygen atoms in total. The molecule has 21 heavy (non-hydrogen) atoms. The molecule has 0 aromatic rings. The summed E-state index contributed by atoms with van der Waals surface area (Å²) in [5.74, 6) is 0.626. The average molecular weight is 279 g/mol. The van der Waals surface area contributed by atoms with Crippen LogP contribution in [0.25, 0.3) is 0 Å². The topological polar surface area (TPSA) is 50.8 Å². The van der Waals surface area contributed by atoms with Crippen LogP contribution < -0.4 is 0 Å². The van der Waals surface area contributed by atoms with Crippen molar-refractivity contribution < 1.29 is 0 Å². The van der Waals surface area contributed by atoms with Crippen molar-refractivity contribution in [2.75, 3.05) is 13.1 Å². The van der Waals surface area contributed by atoms with Gasteiger partial charge in [0.25, 0.3) is 0 Å². The second kappa shape index (κ2) is 6.19. The summed E-state index contributed by atoms with van der Waals surface area (Å²) in [4.78, 5) is 2.54. The summed E-state index contributed by atoms with van der Waals surface area (Å²) in [5, 5.41) is 18.1. The van der Waals surface area contributed by atoms with Gasteiger partial charge in [0.05, 0.1) is 0 Å². The average Bonchev–Trinajstić information content (AvgIpc) is 2.56. The van der Waals surface area contributed by atoms with Crippen molar-refractivity contribution >= 4 is 0 Å². The normalized spacial score (nSPS) is 25.1. The highest BCUT2D eigenvalue weighted by molar-refractivity contribution is 5.49. The molecule has 3 rings (SSSR count). The maximum Gasteiger partial charge on any atom is 0.132 e. The summed E-state index contributed by atoms with van der Waals surface area (Å²) >= 11 is 0. The van der Waals surface area contributed by atoms with E-state index in [0.29, 0.717) is 11.5 Å². The van der Waals surface area contributed by atoms with Gasteiger partial charge in [-0.25, -0.2) is 0 Å². The van der Waals surface area contributed by atoms with E-state index < -0.39 is 0 Å². The van der Waals surface area contributed by atoms with E-state index in [1.165, 1.54) is 56.5 Å². The number of fused-ring (bicyclic) bond motifs is 1. The molecule has 0 spiro atoms. The predicted molar refractivity (Wildman–Crippen MR) is 81.8 cm³/mol. The van der Waals surface area contributed by atoms with Crippen LogP contribution in [0.1, 0.15) is 44.9 Å². The minimum atomic E-state index is 0.291. The SMILES string of the molecule is N#CC(C#N)=C1C=C2C=C(N3CCCCC3)CC[C@H]2CC1. The van der Waals surface area contributed by atoms with E-state index in [1.54, 1.807) is 0 Å². The van der Waals surface area contributed by atoms with Gasteiger partial charge in [0.1, 0.15) is 17.7 Å². The maximum absolute atomic E-state index is 9.05. The van der Waals surface area contributed by atoms with Gasteiger partial charge >= 0.3 is 0 Å². The molecule has 0 amide bonds. The van der Waals surface area contributed by atoms with Gasteiger partial charge in [-0.15, -0.1) is 0 Å². The lowest BCUT2D eigenvalue weighted by atomic mass is 9.77. The van der Waals surface area contributed by atoms with Gasteiger partial charge in [-0.3, -0.25) is 0 Å². The number of rotatable bonds is 1. The predicted octanol–water partition coefficient (Wildman–Crippen LogP) is 3.83. The standard InChI is InChI=1S/C18H21N3/c19-12-17(13-20)15-5-4-14-6-7-18(11-16(14)10-15)21-8-2-1-3-9-21/h10-11,14H,1-9H2/t14-/m1/s1. The zero-order valence-corrected chi connectivity index (χ0v) is 12.4. The lowest BCUT2D eigenvalue weighted by molar-refractivity contribution is 0.267. The minimum Gasteiger partial charge on any atom is -0.375 e. The van der Waals surface area contributed by atoms with Crippen LogP contribution in [-0.4, -0.2) is 18.0 Å². The van der Waals surface area contributed by atoms with Gasteiger partial charge < -0.3 is 4.90 Å². The number of hydrogen-bond donors (Lipinski definition) is 0. The Bertz CT molecular complexity index is 573. The summed E-state index contributed by atoms with van der Waals surface area (Å²) in [6, 6.07) is 4.07. The van der Waals surface area contributed by atoms with Gasteiger partial charge in [0.15, 0.2) is 0 Å². The van der Waals surface area contributed by atoms with E-state index in [4.69, 9.17) is 10.5 Å². The van der Waals surface area contributed by atoms with Crippen LogP contribution in [0.3, 0.4) is 0 Å². The molecule has 0 unspecified atom stereocenters. The van der Waals surface area contributed by atoms with Crippen LogP contribution in [-0.2, 0) is 0 Å². The fraction of sp³-hybridized carbons (Fsp3) is 0.556. The first-order valence-electron chi connectivity index (χ1n) is 8.02. The molecule has 0 aromatic heterocycles. The van der Waals surface area contributed by atoms with E-state index in [1.807, 2.05) is 12.1 Å². The van der Waals surface area contributed by atoms with Crippen molar-refractivity contribution in [3.8, 4) is 12.1 Å². The van der Waals surface area contributed by atoms with Gasteiger partial charge in [-0.2, -0.15) is 10.5 Å². The Hall–Kier alpha value is -2.00. The molecule has 1 atom stereocenters. The fourth-order valence-electron chi connectivity index (χ4n) is 3.74. The Morgan fingerprint density at radius 2 is 1.71 bits per heavy atom. The van der Waals surface area contributed by atoms with E-state index >= 15 is 0 Å². The molecule has 0 aromatic carbocycles. The van der Waals surface area contributed by atoms with Gasteiger partial charge in [0.2, 0.25) is 0 Å². The molecule has 3 aliphatic rings. The first kappa shape index (κ1) is 14.0. The zero-order valence-electron chi connectivity index (χ0n) is 12.4. The van der Waals surface area contributed by atoms with E-state index in [-0.39, 0.29) is 0 Å². The molecule has 0 radical (unpaired) electrons. The smallest absolute Gasteiger partial charge is 0.132 e. The molecule has 108 valence electrons.